The molecule has 1 aromatic carbocycles. The Morgan fingerprint density at radius 3 is 2.61 bits per heavy atom. The van der Waals surface area contributed by atoms with Gasteiger partial charge in [0.05, 0.1) is 12.7 Å². The average molecular weight is 246 g/mol. The quantitative estimate of drug-likeness (QED) is 0.855. The highest BCUT2D eigenvalue weighted by Gasteiger charge is 2.35. The van der Waals surface area contributed by atoms with Crippen LogP contribution < -0.4 is 10.5 Å². The molecule has 0 atom stereocenters. The summed E-state index contributed by atoms with van der Waals surface area (Å²) in [4.78, 5) is 0. The predicted octanol–water partition coefficient (Wildman–Crippen LogP) is 2.04. The second kappa shape index (κ2) is 4.87. The molecule has 0 aromatic heterocycles. The van der Waals surface area contributed by atoms with Gasteiger partial charge in [-0.3, -0.25) is 0 Å². The molecule has 1 aliphatic rings. The number of aromatic hydroxyl groups is 1. The highest BCUT2D eigenvalue weighted by Crippen LogP contribution is 2.43. The number of hydrogen-bond acceptors (Lipinski definition) is 4. The van der Waals surface area contributed by atoms with Crippen molar-refractivity contribution in [3.8, 4) is 17.6 Å². The van der Waals surface area contributed by atoms with Gasteiger partial charge in [0.25, 0.3) is 0 Å². The van der Waals surface area contributed by atoms with Gasteiger partial charge >= 0.3 is 0 Å². The van der Waals surface area contributed by atoms with Crippen LogP contribution >= 0.6 is 0 Å². The summed E-state index contributed by atoms with van der Waals surface area (Å²) in [6, 6.07) is 5.56. The zero-order valence-electron chi connectivity index (χ0n) is 10.6. The fraction of sp³-hybridized carbons (Fsp3) is 0.500. The molecule has 2 rings (SSSR count). The topological polar surface area (TPSA) is 79.3 Å². The monoisotopic (exact) mass is 246 g/mol. The largest absolute Gasteiger partial charge is 0.504 e. The molecule has 96 valence electrons. The van der Waals surface area contributed by atoms with Crippen molar-refractivity contribution in [2.24, 2.45) is 5.73 Å². The maximum absolute atomic E-state index is 9.96. The molecule has 4 heteroatoms. The molecule has 0 bridgehead atoms. The first-order valence-electron chi connectivity index (χ1n) is 6.18. The minimum absolute atomic E-state index is 0.0197. The summed E-state index contributed by atoms with van der Waals surface area (Å²) in [5.74, 6) is 0.262. The predicted molar refractivity (Wildman–Crippen MR) is 68.6 cm³/mol. The lowest BCUT2D eigenvalue weighted by Crippen LogP contribution is -2.32. The molecule has 1 aliphatic carbocycles. The second-order valence-electron chi connectivity index (χ2n) is 4.88. The lowest BCUT2D eigenvalue weighted by atomic mass is 9.78. The van der Waals surface area contributed by atoms with E-state index in [9.17, 15) is 5.11 Å². The number of benzene rings is 1. The van der Waals surface area contributed by atoms with Gasteiger partial charge in [0.15, 0.2) is 11.5 Å². The number of phenols is 1. The van der Waals surface area contributed by atoms with Crippen LogP contribution in [0.15, 0.2) is 12.1 Å². The van der Waals surface area contributed by atoms with Gasteiger partial charge < -0.3 is 15.6 Å². The van der Waals surface area contributed by atoms with Crippen molar-refractivity contribution >= 4 is 0 Å². The summed E-state index contributed by atoms with van der Waals surface area (Å²) in [6.45, 7) is 0.545. The van der Waals surface area contributed by atoms with Crippen LogP contribution in [0.4, 0.5) is 0 Å². The Labute approximate surface area is 107 Å². The molecule has 1 aromatic rings. The Balaban J connectivity index is 2.53. The van der Waals surface area contributed by atoms with Crippen LogP contribution in [0.1, 0.15) is 36.8 Å². The lowest BCUT2D eigenvalue weighted by Gasteiger charge is -2.28. The standard InChI is InChI=1S/C14H18N2O2/c1-18-13-10(8-15)6-11(7-12(13)17)14(9-16)4-2-3-5-14/h6-7,17H,2-5,9,16H2,1H3. The van der Waals surface area contributed by atoms with Crippen LogP contribution in [0.5, 0.6) is 11.5 Å². The first-order chi connectivity index (χ1) is 8.66. The molecule has 4 nitrogen and oxygen atoms in total. The first-order valence-corrected chi connectivity index (χ1v) is 6.18. The van der Waals surface area contributed by atoms with E-state index in [0.717, 1.165) is 31.2 Å². The van der Waals surface area contributed by atoms with Gasteiger partial charge in [0, 0.05) is 12.0 Å². The molecule has 1 saturated carbocycles. The van der Waals surface area contributed by atoms with Crippen molar-refractivity contribution in [3.05, 3.63) is 23.3 Å². The average Bonchev–Trinajstić information content (AvgIpc) is 2.87. The smallest absolute Gasteiger partial charge is 0.178 e. The molecular formula is C14H18N2O2. The second-order valence-corrected chi connectivity index (χ2v) is 4.88. The zero-order chi connectivity index (χ0) is 13.2. The maximum Gasteiger partial charge on any atom is 0.178 e. The molecule has 0 aliphatic heterocycles. The summed E-state index contributed by atoms with van der Waals surface area (Å²) >= 11 is 0. The summed E-state index contributed by atoms with van der Waals surface area (Å²) in [6.07, 6.45) is 4.32. The van der Waals surface area contributed by atoms with E-state index >= 15 is 0 Å². The van der Waals surface area contributed by atoms with Gasteiger partial charge in [-0.25, -0.2) is 0 Å². The molecule has 0 unspecified atom stereocenters. The molecule has 0 spiro atoms. The zero-order valence-corrected chi connectivity index (χ0v) is 10.6. The van der Waals surface area contributed by atoms with E-state index in [0.29, 0.717) is 12.1 Å². The molecular weight excluding hydrogens is 228 g/mol. The van der Waals surface area contributed by atoms with E-state index in [1.165, 1.54) is 7.11 Å². The number of methoxy groups -OCH3 is 1. The van der Waals surface area contributed by atoms with Crippen molar-refractivity contribution in [2.45, 2.75) is 31.1 Å². The van der Waals surface area contributed by atoms with Crippen LogP contribution in [0.25, 0.3) is 0 Å². The fourth-order valence-corrected chi connectivity index (χ4v) is 2.88. The third-order valence-electron chi connectivity index (χ3n) is 3.96. The van der Waals surface area contributed by atoms with Crippen LogP contribution in [0.3, 0.4) is 0 Å². The van der Waals surface area contributed by atoms with Crippen molar-refractivity contribution in [3.63, 3.8) is 0 Å². The van der Waals surface area contributed by atoms with Crippen molar-refractivity contribution in [1.29, 1.82) is 5.26 Å². The molecule has 3 N–H and O–H groups in total. The number of ether oxygens (including phenoxy) is 1. The van der Waals surface area contributed by atoms with Crippen LogP contribution in [0.2, 0.25) is 0 Å². The SMILES string of the molecule is COc1c(O)cc(C2(CN)CCCC2)cc1C#N. The summed E-state index contributed by atoms with van der Waals surface area (Å²) in [5.41, 5.74) is 7.15. The Kier molecular flexibility index (Phi) is 3.44. The van der Waals surface area contributed by atoms with E-state index < -0.39 is 0 Å². The number of nitriles is 1. The summed E-state index contributed by atoms with van der Waals surface area (Å²) in [7, 11) is 1.45. The fourth-order valence-electron chi connectivity index (χ4n) is 2.88. The molecule has 0 radical (unpaired) electrons. The van der Waals surface area contributed by atoms with E-state index in [1.54, 1.807) is 12.1 Å². The van der Waals surface area contributed by atoms with Gasteiger partial charge in [-0.2, -0.15) is 5.26 Å². The van der Waals surface area contributed by atoms with E-state index in [1.807, 2.05) is 0 Å². The third kappa shape index (κ3) is 1.91. The molecule has 1 fully saturated rings. The van der Waals surface area contributed by atoms with Gasteiger partial charge in [0.1, 0.15) is 6.07 Å². The number of nitrogens with two attached hydrogens (primary N) is 1. The number of rotatable bonds is 3. The Hall–Kier alpha value is -1.73. The maximum atomic E-state index is 9.96. The Bertz CT molecular complexity index is 485. The van der Waals surface area contributed by atoms with Crippen LogP contribution in [-0.2, 0) is 5.41 Å². The summed E-state index contributed by atoms with van der Waals surface area (Å²) < 4.78 is 5.05. The highest BCUT2D eigenvalue weighted by atomic mass is 16.5. The Morgan fingerprint density at radius 1 is 1.44 bits per heavy atom. The van der Waals surface area contributed by atoms with E-state index in [2.05, 4.69) is 6.07 Å². The van der Waals surface area contributed by atoms with Crippen molar-refractivity contribution in [2.75, 3.05) is 13.7 Å². The van der Waals surface area contributed by atoms with Gasteiger partial charge in [-0.05, 0) is 30.5 Å². The lowest BCUT2D eigenvalue weighted by molar-refractivity contribution is 0.369. The molecule has 0 heterocycles. The van der Waals surface area contributed by atoms with Gasteiger partial charge in [-0.1, -0.05) is 12.8 Å². The van der Waals surface area contributed by atoms with Crippen LogP contribution in [-0.4, -0.2) is 18.8 Å². The van der Waals surface area contributed by atoms with E-state index in [4.69, 9.17) is 15.7 Å². The minimum Gasteiger partial charge on any atom is -0.504 e. The Morgan fingerprint density at radius 2 is 2.11 bits per heavy atom. The van der Waals surface area contributed by atoms with E-state index in [-0.39, 0.29) is 16.9 Å². The first kappa shape index (κ1) is 12.7. The van der Waals surface area contributed by atoms with Gasteiger partial charge in [-0.15, -0.1) is 0 Å². The number of hydrogen-bond donors (Lipinski definition) is 2. The molecule has 18 heavy (non-hydrogen) atoms. The third-order valence-corrected chi connectivity index (χ3v) is 3.96. The molecule has 0 saturated heterocycles. The number of phenolic OH excluding ortho intramolecular Hbond substituents is 1. The summed E-state index contributed by atoms with van der Waals surface area (Å²) in [5, 5.41) is 19.1. The van der Waals surface area contributed by atoms with Crippen molar-refractivity contribution in [1.82, 2.24) is 0 Å². The normalized spacial score (nSPS) is 17.4. The van der Waals surface area contributed by atoms with Crippen LogP contribution in [0, 0.1) is 11.3 Å². The highest BCUT2D eigenvalue weighted by molar-refractivity contribution is 5.55. The minimum atomic E-state index is -0.0879. The molecule has 0 amide bonds. The van der Waals surface area contributed by atoms with Crippen molar-refractivity contribution < 1.29 is 9.84 Å². The number of nitrogens with zero attached hydrogens (tertiary/aromatic N) is 1. The van der Waals surface area contributed by atoms with Gasteiger partial charge in [0.2, 0.25) is 0 Å².